The Morgan fingerprint density at radius 2 is 2.00 bits per heavy atom. The van der Waals surface area contributed by atoms with Gasteiger partial charge in [-0.15, -0.1) is 5.23 Å². The zero-order valence-corrected chi connectivity index (χ0v) is 7.52. The van der Waals surface area contributed by atoms with Crippen molar-refractivity contribution < 1.29 is 9.68 Å². The molecule has 0 spiro atoms. The topological polar surface area (TPSA) is 57.9 Å². The largest absolute Gasteiger partial charge is 0.252 e. The first kappa shape index (κ1) is 9.63. The molecule has 5 nitrogen and oxygen atoms in total. The monoisotopic (exact) mass is 181 g/mol. The average molecular weight is 181 g/mol. The van der Waals surface area contributed by atoms with Gasteiger partial charge in [-0.05, 0) is 18.2 Å². The van der Waals surface area contributed by atoms with E-state index in [0.717, 1.165) is 0 Å². The van der Waals surface area contributed by atoms with E-state index in [-0.39, 0.29) is 0 Å². The van der Waals surface area contributed by atoms with E-state index in [1.807, 2.05) is 0 Å². The highest BCUT2D eigenvalue weighted by Gasteiger charge is 2.03. The van der Waals surface area contributed by atoms with Crippen LogP contribution in [0.1, 0.15) is 0 Å². The molecule has 0 heterocycles. The molecule has 0 aliphatic heterocycles. The van der Waals surface area contributed by atoms with Crippen molar-refractivity contribution in [3.63, 3.8) is 0 Å². The Kier molecular flexibility index (Phi) is 3.36. The first-order chi connectivity index (χ1) is 6.31. The summed E-state index contributed by atoms with van der Waals surface area (Å²) >= 11 is 0. The maximum absolute atomic E-state index is 6.82. The molecule has 5 heteroatoms. The summed E-state index contributed by atoms with van der Waals surface area (Å²) in [5.74, 6) is 0. The number of rotatable bonds is 4. The molecule has 0 aliphatic rings. The highest BCUT2D eigenvalue weighted by atomic mass is 16.9. The molecule has 0 aliphatic carbocycles. The molecule has 1 rings (SSSR count). The van der Waals surface area contributed by atoms with Crippen molar-refractivity contribution in [2.45, 2.75) is 0 Å². The number of hydrogen-bond acceptors (Lipinski definition) is 5. The Morgan fingerprint density at radius 3 is 2.54 bits per heavy atom. The van der Waals surface area contributed by atoms with Gasteiger partial charge in [0.25, 0.3) is 0 Å². The van der Waals surface area contributed by atoms with Crippen LogP contribution in [-0.4, -0.2) is 14.2 Å². The van der Waals surface area contributed by atoms with E-state index in [1.165, 1.54) is 19.4 Å². The highest BCUT2D eigenvalue weighted by Crippen LogP contribution is 2.21. The summed E-state index contributed by atoms with van der Waals surface area (Å²) in [6, 6.07) is 6.97. The third-order valence-electron chi connectivity index (χ3n) is 1.50. The summed E-state index contributed by atoms with van der Waals surface area (Å²) in [5.41, 5.74) is 8.07. The predicted octanol–water partition coefficient (Wildman–Crippen LogP) is 2.28. The molecular weight excluding hydrogens is 170 g/mol. The van der Waals surface area contributed by atoms with Gasteiger partial charge < -0.3 is 0 Å². The molecule has 0 bridgehead atoms. The molecule has 0 fully saturated rings. The smallest absolute Gasteiger partial charge is 0.0969 e. The van der Waals surface area contributed by atoms with Crippen molar-refractivity contribution in [2.75, 3.05) is 19.4 Å². The average Bonchev–Trinajstić information content (AvgIpc) is 2.20. The van der Waals surface area contributed by atoms with E-state index in [4.69, 9.17) is 15.2 Å². The van der Waals surface area contributed by atoms with Crippen molar-refractivity contribution in [1.29, 1.82) is 5.53 Å². The summed E-state index contributed by atoms with van der Waals surface area (Å²) in [4.78, 5) is 9.79. The minimum atomic E-state index is 0.552. The molecule has 0 radical (unpaired) electrons. The second-order valence-electron chi connectivity index (χ2n) is 2.25. The zero-order chi connectivity index (χ0) is 9.68. The van der Waals surface area contributed by atoms with Crippen molar-refractivity contribution >= 4 is 11.4 Å². The van der Waals surface area contributed by atoms with Gasteiger partial charge in [0.15, 0.2) is 0 Å². The van der Waals surface area contributed by atoms with Crippen LogP contribution in [0, 0.1) is 5.53 Å². The fraction of sp³-hybridized carbons (Fsp3) is 0.250. The first-order valence-corrected chi connectivity index (χ1v) is 3.67. The Morgan fingerprint density at radius 1 is 1.31 bits per heavy atom. The van der Waals surface area contributed by atoms with Gasteiger partial charge in [-0.25, -0.2) is 5.53 Å². The lowest BCUT2D eigenvalue weighted by Gasteiger charge is -2.17. The third kappa shape index (κ3) is 2.24. The Bertz CT molecular complexity index is 286. The Labute approximate surface area is 76.3 Å². The van der Waals surface area contributed by atoms with Gasteiger partial charge in [0.2, 0.25) is 0 Å². The van der Waals surface area contributed by atoms with E-state index in [2.05, 4.69) is 5.11 Å². The van der Waals surface area contributed by atoms with Crippen molar-refractivity contribution in [2.24, 2.45) is 5.11 Å². The minimum Gasteiger partial charge on any atom is -0.252 e. The second-order valence-corrected chi connectivity index (χ2v) is 2.25. The van der Waals surface area contributed by atoms with Gasteiger partial charge in [-0.1, -0.05) is 6.07 Å². The van der Waals surface area contributed by atoms with Crippen LogP contribution < -0.4 is 5.23 Å². The summed E-state index contributed by atoms with van der Waals surface area (Å²) in [6.07, 6.45) is 0. The summed E-state index contributed by atoms with van der Waals surface area (Å²) < 4.78 is 0. The summed E-state index contributed by atoms with van der Waals surface area (Å²) in [5, 5.41) is 4.53. The summed E-state index contributed by atoms with van der Waals surface area (Å²) in [7, 11) is 2.99. The number of benzene rings is 1. The van der Waals surface area contributed by atoms with E-state index in [1.54, 1.807) is 24.3 Å². The number of nitrogens with zero attached hydrogens (tertiary/aromatic N) is 2. The fourth-order valence-corrected chi connectivity index (χ4v) is 0.961. The fourth-order valence-electron chi connectivity index (χ4n) is 0.961. The summed E-state index contributed by atoms with van der Waals surface area (Å²) in [6.45, 7) is 0. The van der Waals surface area contributed by atoms with Crippen LogP contribution in [0.15, 0.2) is 29.4 Å². The van der Waals surface area contributed by atoms with Crippen LogP contribution in [0.25, 0.3) is 0 Å². The second kappa shape index (κ2) is 4.54. The lowest BCUT2D eigenvalue weighted by molar-refractivity contribution is -0.0432. The van der Waals surface area contributed by atoms with Crippen LogP contribution in [0.3, 0.4) is 0 Å². The van der Waals surface area contributed by atoms with Crippen LogP contribution in [0.4, 0.5) is 11.4 Å². The molecule has 0 saturated heterocycles. The Balaban J connectivity index is 2.92. The molecule has 0 amide bonds. The standard InChI is InChI=1S/C8H11N3O2/c1-12-11(13-2)8-5-3-4-7(6-8)10-9/h3-6,9H,1-2H3. The molecule has 1 aromatic rings. The SMILES string of the molecule is CON(OC)c1cccc(N=N)c1. The third-order valence-corrected chi connectivity index (χ3v) is 1.50. The molecule has 0 unspecified atom stereocenters. The first-order valence-electron chi connectivity index (χ1n) is 3.67. The maximum Gasteiger partial charge on any atom is 0.0969 e. The predicted molar refractivity (Wildman–Crippen MR) is 47.7 cm³/mol. The van der Waals surface area contributed by atoms with Gasteiger partial charge in [-0.2, -0.15) is 5.11 Å². The molecule has 0 aromatic heterocycles. The van der Waals surface area contributed by atoms with Crippen molar-refractivity contribution in [1.82, 2.24) is 0 Å². The number of anilines is 1. The van der Waals surface area contributed by atoms with Gasteiger partial charge in [0, 0.05) is 0 Å². The number of nitrogens with one attached hydrogen (secondary N) is 1. The van der Waals surface area contributed by atoms with Crippen LogP contribution in [0.5, 0.6) is 0 Å². The van der Waals surface area contributed by atoms with Gasteiger partial charge >= 0.3 is 0 Å². The molecule has 0 saturated carbocycles. The van der Waals surface area contributed by atoms with E-state index in [0.29, 0.717) is 11.4 Å². The van der Waals surface area contributed by atoms with Crippen LogP contribution in [-0.2, 0) is 9.68 Å². The van der Waals surface area contributed by atoms with E-state index >= 15 is 0 Å². The van der Waals surface area contributed by atoms with E-state index in [9.17, 15) is 0 Å². The molecule has 70 valence electrons. The van der Waals surface area contributed by atoms with Gasteiger partial charge in [-0.3, -0.25) is 9.68 Å². The molecular formula is C8H11N3O2. The normalized spacial score (nSPS) is 9.69. The van der Waals surface area contributed by atoms with Crippen molar-refractivity contribution in [3.05, 3.63) is 24.3 Å². The van der Waals surface area contributed by atoms with Crippen LogP contribution >= 0.6 is 0 Å². The molecule has 1 aromatic carbocycles. The lowest BCUT2D eigenvalue weighted by Crippen LogP contribution is -2.19. The van der Waals surface area contributed by atoms with Gasteiger partial charge in [0.05, 0.1) is 25.6 Å². The molecule has 0 atom stereocenters. The van der Waals surface area contributed by atoms with Crippen LogP contribution in [0.2, 0.25) is 0 Å². The number of hydrogen-bond donors (Lipinski definition) is 1. The quantitative estimate of drug-likeness (QED) is 0.572. The lowest BCUT2D eigenvalue weighted by atomic mass is 10.3. The maximum atomic E-state index is 6.82. The highest BCUT2D eigenvalue weighted by molar-refractivity contribution is 5.52. The van der Waals surface area contributed by atoms with E-state index < -0.39 is 0 Å². The Hall–Kier alpha value is -1.46. The van der Waals surface area contributed by atoms with Gasteiger partial charge in [0.1, 0.15) is 0 Å². The molecule has 1 N–H and O–H groups in total. The molecule has 13 heavy (non-hydrogen) atoms. The minimum absolute atomic E-state index is 0.552. The zero-order valence-electron chi connectivity index (χ0n) is 7.52. The van der Waals surface area contributed by atoms with Crippen molar-refractivity contribution in [3.8, 4) is 0 Å².